The molecule has 0 spiro atoms. The molecule has 1 aromatic heterocycles. The zero-order valence-electron chi connectivity index (χ0n) is 15.6. The Morgan fingerprint density at radius 2 is 2.12 bits per heavy atom. The van der Waals surface area contributed by atoms with Crippen LogP contribution in [0, 0.1) is 6.92 Å². The van der Waals surface area contributed by atoms with Gasteiger partial charge in [-0.05, 0) is 32.9 Å². The summed E-state index contributed by atoms with van der Waals surface area (Å²) >= 11 is 0. The van der Waals surface area contributed by atoms with Crippen LogP contribution in [0.2, 0.25) is 0 Å². The van der Waals surface area contributed by atoms with E-state index in [0.29, 0.717) is 17.2 Å². The Balaban J connectivity index is 0.000000758. The van der Waals surface area contributed by atoms with E-state index >= 15 is 0 Å². The van der Waals surface area contributed by atoms with Crippen LogP contribution in [0.15, 0.2) is 28.7 Å². The summed E-state index contributed by atoms with van der Waals surface area (Å²) in [6.45, 7) is 7.59. The maximum absolute atomic E-state index is 12.7. The van der Waals surface area contributed by atoms with E-state index in [-0.39, 0.29) is 24.5 Å². The highest BCUT2D eigenvalue weighted by atomic mass is 16.5. The van der Waals surface area contributed by atoms with E-state index in [2.05, 4.69) is 24.1 Å². The van der Waals surface area contributed by atoms with Gasteiger partial charge in [0, 0.05) is 31.6 Å². The first-order chi connectivity index (χ1) is 12.4. The summed E-state index contributed by atoms with van der Waals surface area (Å²) in [5.41, 5.74) is 1.23. The molecule has 0 radical (unpaired) electrons. The summed E-state index contributed by atoms with van der Waals surface area (Å²) in [4.78, 5) is 23.4. The number of ether oxygens (including phenoxy) is 1. The summed E-state index contributed by atoms with van der Waals surface area (Å²) in [6, 6.07) is 8.01. The third-order valence-electron chi connectivity index (χ3n) is 4.56. The van der Waals surface area contributed by atoms with Gasteiger partial charge in [0.15, 0.2) is 0 Å². The number of carbonyl (C=O) groups is 2. The molecule has 2 atom stereocenters. The fourth-order valence-corrected chi connectivity index (χ4v) is 3.22. The van der Waals surface area contributed by atoms with Gasteiger partial charge in [-0.15, -0.1) is 0 Å². The molecule has 1 aliphatic heterocycles. The molecule has 0 unspecified atom stereocenters. The number of carbonyl (C=O) groups excluding carboxylic acids is 1. The highest BCUT2D eigenvalue weighted by Gasteiger charge is 2.35. The van der Waals surface area contributed by atoms with Crippen LogP contribution in [-0.4, -0.2) is 60.8 Å². The van der Waals surface area contributed by atoms with Gasteiger partial charge in [0.05, 0.1) is 17.7 Å². The number of aryl methyl sites for hydroxylation is 1. The summed E-state index contributed by atoms with van der Waals surface area (Å²) in [5.74, 6) is 0.699. The first-order valence-electron chi connectivity index (χ1n) is 8.56. The highest BCUT2D eigenvalue weighted by molar-refractivity contribution is 6.05. The van der Waals surface area contributed by atoms with Crippen LogP contribution in [-0.2, 0) is 9.53 Å². The van der Waals surface area contributed by atoms with Gasteiger partial charge >= 0.3 is 0 Å². The molecule has 2 aromatic rings. The van der Waals surface area contributed by atoms with Crippen LogP contribution < -0.4 is 5.32 Å². The number of likely N-dealkylation sites (tertiary alicyclic amines) is 1. The van der Waals surface area contributed by atoms with Crippen LogP contribution >= 0.6 is 0 Å². The molecule has 2 heterocycles. The number of rotatable bonds is 4. The van der Waals surface area contributed by atoms with Crippen LogP contribution in [0.1, 0.15) is 30.0 Å². The lowest BCUT2D eigenvalue weighted by molar-refractivity contribution is -0.122. The number of nitrogens with one attached hydrogen (secondary N) is 1. The van der Waals surface area contributed by atoms with E-state index in [1.165, 1.54) is 0 Å². The molecule has 1 aromatic carbocycles. The van der Waals surface area contributed by atoms with Gasteiger partial charge in [0.25, 0.3) is 12.4 Å². The molecule has 2 N–H and O–H groups in total. The van der Waals surface area contributed by atoms with E-state index < -0.39 is 0 Å². The minimum atomic E-state index is -0.250. The lowest BCUT2D eigenvalue weighted by atomic mass is 10.1. The van der Waals surface area contributed by atoms with Crippen LogP contribution in [0.5, 0.6) is 0 Å². The summed E-state index contributed by atoms with van der Waals surface area (Å²) in [6.07, 6.45) is 0.0129. The number of methoxy groups -OCH3 is 1. The molecule has 142 valence electrons. The van der Waals surface area contributed by atoms with E-state index in [0.717, 1.165) is 24.2 Å². The number of nitrogens with zero attached hydrogens (tertiary/aromatic N) is 1. The Morgan fingerprint density at radius 1 is 1.42 bits per heavy atom. The summed E-state index contributed by atoms with van der Waals surface area (Å²) < 4.78 is 11.2. The quantitative estimate of drug-likeness (QED) is 0.811. The summed E-state index contributed by atoms with van der Waals surface area (Å²) in [7, 11) is 1.70. The average Bonchev–Trinajstić information content (AvgIpc) is 3.17. The lowest BCUT2D eigenvalue weighted by Gasteiger charge is -2.20. The fourth-order valence-electron chi connectivity index (χ4n) is 3.22. The van der Waals surface area contributed by atoms with Crippen molar-refractivity contribution in [3.63, 3.8) is 0 Å². The van der Waals surface area contributed by atoms with E-state index in [1.807, 2.05) is 25.1 Å². The number of amides is 1. The topological polar surface area (TPSA) is 92.0 Å². The molecule has 1 fully saturated rings. The van der Waals surface area contributed by atoms with Crippen molar-refractivity contribution in [2.45, 2.75) is 39.0 Å². The highest BCUT2D eigenvalue weighted by Crippen LogP contribution is 2.23. The predicted octanol–water partition coefficient (Wildman–Crippen LogP) is 2.28. The molecule has 0 aliphatic carbocycles. The number of benzene rings is 1. The number of fused-ring (bicyclic) bond motifs is 1. The Bertz CT molecular complexity index is 755. The number of hydrogen-bond donors (Lipinski definition) is 2. The van der Waals surface area contributed by atoms with Crippen molar-refractivity contribution < 1.29 is 23.8 Å². The smallest absolute Gasteiger partial charge is 0.290 e. The van der Waals surface area contributed by atoms with Gasteiger partial charge in [-0.2, -0.15) is 0 Å². The van der Waals surface area contributed by atoms with Crippen molar-refractivity contribution in [1.29, 1.82) is 0 Å². The van der Waals surface area contributed by atoms with Crippen molar-refractivity contribution in [3.05, 3.63) is 35.6 Å². The second-order valence-electron chi connectivity index (χ2n) is 6.59. The van der Waals surface area contributed by atoms with Crippen LogP contribution in [0.3, 0.4) is 0 Å². The maximum atomic E-state index is 12.7. The molecule has 3 rings (SSSR count). The molecule has 7 nitrogen and oxygen atoms in total. The molecule has 26 heavy (non-hydrogen) atoms. The molecule has 0 saturated carbocycles. The van der Waals surface area contributed by atoms with Gasteiger partial charge in [-0.3, -0.25) is 14.5 Å². The molecular formula is C19H26N2O5. The standard InChI is InChI=1S/C18H24N2O3.CH2O2/c1-11(2)20-9-15(16(10-20)22-4)19-18(21)14-7-5-6-13-8-12(3)23-17(13)14;2-1-3/h5-8,11,15-16H,9-10H2,1-4H3,(H,19,21);1H,(H,2,3)/t15-,16-;/m0./s1. The third-order valence-corrected chi connectivity index (χ3v) is 4.56. The second-order valence-corrected chi connectivity index (χ2v) is 6.59. The van der Waals surface area contributed by atoms with Crippen LogP contribution in [0.4, 0.5) is 0 Å². The monoisotopic (exact) mass is 362 g/mol. The molecule has 0 bridgehead atoms. The van der Waals surface area contributed by atoms with Crippen LogP contribution in [0.25, 0.3) is 11.0 Å². The average molecular weight is 362 g/mol. The van der Waals surface area contributed by atoms with Gasteiger partial charge in [-0.25, -0.2) is 0 Å². The Labute approximate surface area is 152 Å². The number of hydrogen-bond acceptors (Lipinski definition) is 5. The maximum Gasteiger partial charge on any atom is 0.290 e. The van der Waals surface area contributed by atoms with Gasteiger partial charge in [0.2, 0.25) is 0 Å². The predicted molar refractivity (Wildman–Crippen MR) is 98.4 cm³/mol. The Morgan fingerprint density at radius 3 is 2.73 bits per heavy atom. The van der Waals surface area contributed by atoms with E-state index in [9.17, 15) is 4.79 Å². The van der Waals surface area contributed by atoms with Crippen molar-refractivity contribution in [2.24, 2.45) is 0 Å². The third kappa shape index (κ3) is 4.42. The van der Waals surface area contributed by atoms with Crippen molar-refractivity contribution in [2.75, 3.05) is 20.2 Å². The second kappa shape index (κ2) is 8.82. The van der Waals surface area contributed by atoms with E-state index in [4.69, 9.17) is 19.1 Å². The van der Waals surface area contributed by atoms with Gasteiger partial charge in [0.1, 0.15) is 11.3 Å². The zero-order chi connectivity index (χ0) is 19.3. The van der Waals surface area contributed by atoms with Crippen molar-refractivity contribution in [1.82, 2.24) is 10.2 Å². The van der Waals surface area contributed by atoms with Crippen molar-refractivity contribution in [3.8, 4) is 0 Å². The number of furan rings is 1. The van der Waals surface area contributed by atoms with E-state index in [1.54, 1.807) is 13.2 Å². The number of carboxylic acid groups (broad SMARTS) is 1. The molecule has 7 heteroatoms. The Hall–Kier alpha value is -2.38. The van der Waals surface area contributed by atoms with Crippen molar-refractivity contribution >= 4 is 23.3 Å². The SMILES string of the molecule is CO[C@H]1CN(C(C)C)C[C@@H]1NC(=O)c1cccc2cc(C)oc12.O=CO. The normalized spacial score (nSPS) is 20.0. The first kappa shape index (κ1) is 19.9. The molecule has 1 aliphatic rings. The minimum Gasteiger partial charge on any atom is -0.483 e. The minimum absolute atomic E-state index is 0.0128. The zero-order valence-corrected chi connectivity index (χ0v) is 15.6. The number of para-hydroxylation sites is 1. The van der Waals surface area contributed by atoms with Gasteiger partial charge in [-0.1, -0.05) is 12.1 Å². The summed E-state index contributed by atoms with van der Waals surface area (Å²) in [5, 5.41) is 11.0. The largest absolute Gasteiger partial charge is 0.483 e. The molecule has 1 saturated heterocycles. The fraction of sp³-hybridized carbons (Fsp3) is 0.474. The van der Waals surface area contributed by atoms with Gasteiger partial charge < -0.3 is 19.6 Å². The molecule has 1 amide bonds. The molecular weight excluding hydrogens is 336 g/mol. The first-order valence-corrected chi connectivity index (χ1v) is 8.56. The Kier molecular flexibility index (Phi) is 6.76. The lowest BCUT2D eigenvalue weighted by Crippen LogP contribution is -2.43.